The van der Waals surface area contributed by atoms with Crippen LogP contribution in [0.25, 0.3) is 0 Å². The molecule has 1 aromatic heterocycles. The van der Waals surface area contributed by atoms with Gasteiger partial charge in [-0.05, 0) is 42.8 Å². The summed E-state index contributed by atoms with van der Waals surface area (Å²) in [6.07, 6.45) is 3.96. The number of halogens is 2. The fourth-order valence-corrected chi connectivity index (χ4v) is 2.53. The van der Waals surface area contributed by atoms with Crippen molar-refractivity contribution in [2.75, 3.05) is 5.32 Å². The topological polar surface area (TPSA) is 54.8 Å². The van der Waals surface area contributed by atoms with Crippen LogP contribution < -0.4 is 10.6 Å². The monoisotopic (exact) mass is 341 g/mol. The number of nitrogens with one attached hydrogen (secondary N) is 2. The minimum Gasteiger partial charge on any atom is -0.360 e. The van der Waals surface area contributed by atoms with Gasteiger partial charge < -0.3 is 5.32 Å². The largest absolute Gasteiger partial charge is 0.360 e. The van der Waals surface area contributed by atoms with E-state index in [4.69, 9.17) is 35.4 Å². The van der Waals surface area contributed by atoms with Gasteiger partial charge in [0.2, 0.25) is 5.95 Å². The number of anilines is 1. The molecule has 1 aliphatic carbocycles. The molecule has 1 fully saturated rings. The van der Waals surface area contributed by atoms with Gasteiger partial charge in [0.15, 0.2) is 5.11 Å². The Labute approximate surface area is 137 Å². The Hall–Kier alpha value is -1.37. The van der Waals surface area contributed by atoms with Crippen molar-refractivity contribution in [3.8, 4) is 0 Å². The van der Waals surface area contributed by atoms with Gasteiger partial charge in [-0.15, -0.1) is 5.10 Å². The van der Waals surface area contributed by atoms with Crippen LogP contribution in [0.5, 0.6) is 0 Å². The van der Waals surface area contributed by atoms with E-state index in [2.05, 4.69) is 20.7 Å². The molecular weight excluding hydrogens is 329 g/mol. The Bertz CT molecular complexity index is 668. The first-order valence-corrected chi connectivity index (χ1v) is 7.67. The predicted molar refractivity (Wildman–Crippen MR) is 88.0 cm³/mol. The Morgan fingerprint density at radius 3 is 2.90 bits per heavy atom. The van der Waals surface area contributed by atoms with Crippen LogP contribution in [0.4, 0.5) is 5.95 Å². The highest BCUT2D eigenvalue weighted by Crippen LogP contribution is 2.21. The third kappa shape index (κ3) is 4.06. The number of aromatic nitrogens is 3. The maximum Gasteiger partial charge on any atom is 0.248 e. The number of hydrogen-bond acceptors (Lipinski definition) is 3. The summed E-state index contributed by atoms with van der Waals surface area (Å²) in [6.45, 7) is 0.521. The Morgan fingerprint density at radius 2 is 2.19 bits per heavy atom. The van der Waals surface area contributed by atoms with E-state index in [1.165, 1.54) is 12.8 Å². The lowest BCUT2D eigenvalue weighted by atomic mass is 10.2. The van der Waals surface area contributed by atoms with Crippen molar-refractivity contribution in [3.05, 3.63) is 40.1 Å². The van der Waals surface area contributed by atoms with Gasteiger partial charge >= 0.3 is 0 Å². The van der Waals surface area contributed by atoms with Gasteiger partial charge in [-0.3, -0.25) is 5.32 Å². The number of rotatable bonds is 4. The molecule has 1 heterocycles. The SMILES string of the molecule is S=C(Nc1ncn(Cc2ccc(Cl)cc2Cl)n1)NC1CC1. The zero-order chi connectivity index (χ0) is 14.8. The van der Waals surface area contributed by atoms with Gasteiger partial charge in [0, 0.05) is 16.1 Å². The zero-order valence-corrected chi connectivity index (χ0v) is 13.3. The highest BCUT2D eigenvalue weighted by Gasteiger charge is 2.22. The van der Waals surface area contributed by atoms with Crippen LogP contribution in [0.3, 0.4) is 0 Å². The van der Waals surface area contributed by atoms with Crippen LogP contribution in [0.15, 0.2) is 24.5 Å². The minimum absolute atomic E-state index is 0.471. The summed E-state index contributed by atoms with van der Waals surface area (Å²) in [6, 6.07) is 5.88. The molecule has 1 aliphatic rings. The van der Waals surface area contributed by atoms with E-state index in [1.807, 2.05) is 6.07 Å². The third-order valence-corrected chi connectivity index (χ3v) is 3.83. The molecule has 0 atom stereocenters. The van der Waals surface area contributed by atoms with Crippen molar-refractivity contribution in [1.29, 1.82) is 0 Å². The molecule has 0 bridgehead atoms. The summed E-state index contributed by atoms with van der Waals surface area (Å²) < 4.78 is 1.69. The van der Waals surface area contributed by atoms with Crippen LogP contribution in [0.1, 0.15) is 18.4 Å². The number of hydrogen-bond donors (Lipinski definition) is 2. The molecule has 0 unspecified atom stereocenters. The van der Waals surface area contributed by atoms with Crippen LogP contribution in [0, 0.1) is 0 Å². The van der Waals surface area contributed by atoms with Crippen molar-refractivity contribution in [2.24, 2.45) is 0 Å². The van der Waals surface area contributed by atoms with Gasteiger partial charge in [-0.1, -0.05) is 29.3 Å². The standard InChI is InChI=1S/C13H13Cl2N5S/c14-9-2-1-8(11(15)5-9)6-20-7-16-12(19-20)18-13(21)17-10-3-4-10/h1-2,5,7,10H,3-4,6H2,(H2,17,18,19,21). The first kappa shape index (κ1) is 14.6. The number of nitrogens with zero attached hydrogens (tertiary/aromatic N) is 3. The van der Waals surface area contributed by atoms with Crippen molar-refractivity contribution >= 4 is 46.5 Å². The Morgan fingerprint density at radius 1 is 1.38 bits per heavy atom. The van der Waals surface area contributed by atoms with E-state index in [9.17, 15) is 0 Å². The molecular formula is C13H13Cl2N5S. The summed E-state index contributed by atoms with van der Waals surface area (Å²) in [5, 5.41) is 12.2. The Kier molecular flexibility index (Phi) is 4.28. The second-order valence-electron chi connectivity index (χ2n) is 4.87. The summed E-state index contributed by atoms with van der Waals surface area (Å²) in [5.74, 6) is 0.471. The average molecular weight is 342 g/mol. The van der Waals surface area contributed by atoms with Gasteiger partial charge in [-0.2, -0.15) is 0 Å². The van der Waals surface area contributed by atoms with E-state index in [0.29, 0.717) is 33.7 Å². The maximum absolute atomic E-state index is 6.14. The Balaban J connectivity index is 1.62. The summed E-state index contributed by atoms with van der Waals surface area (Å²) in [7, 11) is 0. The average Bonchev–Trinajstić information content (AvgIpc) is 3.12. The minimum atomic E-state index is 0.471. The van der Waals surface area contributed by atoms with Crippen LogP contribution in [-0.4, -0.2) is 25.9 Å². The van der Waals surface area contributed by atoms with Gasteiger partial charge in [0.1, 0.15) is 6.33 Å². The lowest BCUT2D eigenvalue weighted by Crippen LogP contribution is -2.30. The summed E-state index contributed by atoms with van der Waals surface area (Å²) in [4.78, 5) is 4.17. The molecule has 0 radical (unpaired) electrons. The molecule has 0 aliphatic heterocycles. The molecule has 110 valence electrons. The van der Waals surface area contributed by atoms with E-state index in [1.54, 1.807) is 23.1 Å². The molecule has 21 heavy (non-hydrogen) atoms. The summed E-state index contributed by atoms with van der Waals surface area (Å²) in [5.41, 5.74) is 0.927. The molecule has 8 heteroatoms. The molecule has 3 rings (SSSR count). The molecule has 2 aromatic rings. The summed E-state index contributed by atoms with van der Waals surface area (Å²) >= 11 is 17.2. The fraction of sp³-hybridized carbons (Fsp3) is 0.308. The molecule has 1 aromatic carbocycles. The first-order chi connectivity index (χ1) is 10.1. The fourth-order valence-electron chi connectivity index (χ4n) is 1.80. The van der Waals surface area contributed by atoms with E-state index < -0.39 is 0 Å². The molecule has 0 amide bonds. The third-order valence-electron chi connectivity index (χ3n) is 3.02. The van der Waals surface area contributed by atoms with Crippen molar-refractivity contribution in [1.82, 2.24) is 20.1 Å². The van der Waals surface area contributed by atoms with Crippen molar-refractivity contribution < 1.29 is 0 Å². The van der Waals surface area contributed by atoms with E-state index in [0.717, 1.165) is 5.56 Å². The second-order valence-corrected chi connectivity index (χ2v) is 6.13. The molecule has 0 saturated heterocycles. The van der Waals surface area contributed by atoms with Crippen LogP contribution in [0.2, 0.25) is 10.0 Å². The normalized spacial score (nSPS) is 14.0. The van der Waals surface area contributed by atoms with Crippen molar-refractivity contribution in [2.45, 2.75) is 25.4 Å². The van der Waals surface area contributed by atoms with Gasteiger partial charge in [0.25, 0.3) is 0 Å². The van der Waals surface area contributed by atoms with E-state index >= 15 is 0 Å². The van der Waals surface area contributed by atoms with Crippen molar-refractivity contribution in [3.63, 3.8) is 0 Å². The number of benzene rings is 1. The first-order valence-electron chi connectivity index (χ1n) is 6.51. The molecule has 0 spiro atoms. The van der Waals surface area contributed by atoms with E-state index in [-0.39, 0.29) is 0 Å². The van der Waals surface area contributed by atoms with Gasteiger partial charge in [-0.25, -0.2) is 9.67 Å². The van der Waals surface area contributed by atoms with Crippen LogP contribution in [-0.2, 0) is 6.54 Å². The van der Waals surface area contributed by atoms with Gasteiger partial charge in [0.05, 0.1) is 6.54 Å². The maximum atomic E-state index is 6.14. The number of thiocarbonyl (C=S) groups is 1. The van der Waals surface area contributed by atoms with Crippen LogP contribution >= 0.6 is 35.4 Å². The zero-order valence-electron chi connectivity index (χ0n) is 11.0. The highest BCUT2D eigenvalue weighted by atomic mass is 35.5. The quantitative estimate of drug-likeness (QED) is 0.837. The molecule has 5 nitrogen and oxygen atoms in total. The smallest absolute Gasteiger partial charge is 0.248 e. The second kappa shape index (κ2) is 6.17. The lowest BCUT2D eigenvalue weighted by molar-refractivity contribution is 0.687. The lowest BCUT2D eigenvalue weighted by Gasteiger charge is -2.06. The highest BCUT2D eigenvalue weighted by molar-refractivity contribution is 7.80. The molecule has 1 saturated carbocycles. The predicted octanol–water partition coefficient (Wildman–Crippen LogP) is 3.08. The molecule has 2 N–H and O–H groups in total.